The van der Waals surface area contributed by atoms with Crippen molar-refractivity contribution < 1.29 is 15.0 Å². The molecule has 2 aliphatic rings. The third-order valence-corrected chi connectivity index (χ3v) is 4.99. The van der Waals surface area contributed by atoms with Crippen LogP contribution in [0.5, 0.6) is 0 Å². The van der Waals surface area contributed by atoms with Gasteiger partial charge in [0.2, 0.25) is 0 Å². The van der Waals surface area contributed by atoms with Gasteiger partial charge in [-0.3, -0.25) is 0 Å². The Kier molecular flexibility index (Phi) is 3.37. The highest BCUT2D eigenvalue weighted by Gasteiger charge is 2.44. The number of aliphatic hydroxyl groups is 1. The van der Waals surface area contributed by atoms with Crippen LogP contribution in [0, 0.1) is 17.3 Å². The largest absolute Gasteiger partial charge is 0.478 e. The summed E-state index contributed by atoms with van der Waals surface area (Å²) < 4.78 is 0. The van der Waals surface area contributed by atoms with Crippen LogP contribution in [0.3, 0.4) is 0 Å². The maximum absolute atomic E-state index is 11.0. The Morgan fingerprint density at radius 2 is 2.22 bits per heavy atom. The van der Waals surface area contributed by atoms with Crippen molar-refractivity contribution in [1.82, 2.24) is 0 Å². The average molecular weight is 250 g/mol. The Bertz CT molecular complexity index is 410. The molecule has 0 unspecified atom stereocenters. The van der Waals surface area contributed by atoms with Crippen molar-refractivity contribution in [3.05, 3.63) is 23.8 Å². The first kappa shape index (κ1) is 13.3. The molecule has 2 rings (SSSR count). The fourth-order valence-electron chi connectivity index (χ4n) is 3.52. The maximum atomic E-state index is 11.0. The SMILES string of the molecule is C=C(C(=O)O)[C@@H]1CC=C2C[C@H](O)C[C@H](C)[C@@]2(C)C1. The van der Waals surface area contributed by atoms with Crippen molar-refractivity contribution >= 4 is 5.97 Å². The molecule has 0 aliphatic heterocycles. The van der Waals surface area contributed by atoms with Crippen molar-refractivity contribution in [2.24, 2.45) is 17.3 Å². The number of carbonyl (C=O) groups is 1. The number of hydrogen-bond donors (Lipinski definition) is 2. The van der Waals surface area contributed by atoms with Gasteiger partial charge in [0.05, 0.1) is 6.10 Å². The highest BCUT2D eigenvalue weighted by atomic mass is 16.4. The summed E-state index contributed by atoms with van der Waals surface area (Å²) in [6.07, 6.45) is 5.04. The van der Waals surface area contributed by atoms with Crippen LogP contribution in [0.4, 0.5) is 0 Å². The molecule has 3 heteroatoms. The molecule has 0 aromatic carbocycles. The average Bonchev–Trinajstić information content (AvgIpc) is 2.29. The zero-order chi connectivity index (χ0) is 13.5. The predicted octanol–water partition coefficient (Wildman–Crippen LogP) is 2.76. The minimum absolute atomic E-state index is 0.0283. The summed E-state index contributed by atoms with van der Waals surface area (Å²) in [7, 11) is 0. The van der Waals surface area contributed by atoms with Crippen LogP contribution in [0.1, 0.15) is 39.5 Å². The second kappa shape index (κ2) is 4.54. The Morgan fingerprint density at radius 1 is 1.56 bits per heavy atom. The van der Waals surface area contributed by atoms with Crippen molar-refractivity contribution in [1.29, 1.82) is 0 Å². The molecule has 0 spiro atoms. The Balaban J connectivity index is 2.25. The molecule has 2 N–H and O–H groups in total. The van der Waals surface area contributed by atoms with Gasteiger partial charge in [-0.1, -0.05) is 32.1 Å². The number of allylic oxidation sites excluding steroid dienone is 1. The Morgan fingerprint density at radius 3 is 2.83 bits per heavy atom. The number of aliphatic hydroxyl groups excluding tert-OH is 1. The number of rotatable bonds is 2. The standard InChI is InChI=1S/C15H22O3/c1-9-6-13(16)7-12-5-4-11(8-15(9,12)3)10(2)14(17)18/h5,9,11,13,16H,2,4,6-8H2,1,3H3,(H,17,18)/t9-,11+,13+,15+/m0/s1. The molecule has 0 amide bonds. The lowest BCUT2D eigenvalue weighted by atomic mass is 9.57. The molecule has 0 heterocycles. The molecule has 2 aliphatic carbocycles. The van der Waals surface area contributed by atoms with Crippen molar-refractivity contribution in [2.75, 3.05) is 0 Å². The highest BCUT2D eigenvalue weighted by Crippen LogP contribution is 2.52. The van der Waals surface area contributed by atoms with Crippen LogP contribution >= 0.6 is 0 Å². The molecule has 100 valence electrons. The van der Waals surface area contributed by atoms with E-state index in [0.29, 0.717) is 11.5 Å². The maximum Gasteiger partial charge on any atom is 0.331 e. The second-order valence-electron chi connectivity index (χ2n) is 6.11. The minimum atomic E-state index is -0.885. The van der Waals surface area contributed by atoms with Crippen molar-refractivity contribution in [2.45, 2.75) is 45.6 Å². The van der Waals surface area contributed by atoms with Crippen molar-refractivity contribution in [3.8, 4) is 0 Å². The van der Waals surface area contributed by atoms with Gasteiger partial charge < -0.3 is 10.2 Å². The summed E-state index contributed by atoms with van der Waals surface area (Å²) in [5.41, 5.74) is 1.66. The number of fused-ring (bicyclic) bond motifs is 1. The molecular weight excluding hydrogens is 228 g/mol. The molecule has 18 heavy (non-hydrogen) atoms. The lowest BCUT2D eigenvalue weighted by Crippen LogP contribution is -2.41. The molecule has 0 aromatic heterocycles. The van der Waals surface area contributed by atoms with Gasteiger partial charge in [0.15, 0.2) is 0 Å². The number of hydrogen-bond acceptors (Lipinski definition) is 2. The summed E-state index contributed by atoms with van der Waals surface area (Å²) >= 11 is 0. The van der Waals surface area contributed by atoms with E-state index in [1.807, 2.05) is 0 Å². The van der Waals surface area contributed by atoms with E-state index in [1.54, 1.807) is 0 Å². The van der Waals surface area contributed by atoms with Gasteiger partial charge in [-0.15, -0.1) is 0 Å². The highest BCUT2D eigenvalue weighted by molar-refractivity contribution is 5.86. The summed E-state index contributed by atoms with van der Waals surface area (Å²) in [5, 5.41) is 18.9. The molecule has 3 nitrogen and oxygen atoms in total. The first-order valence-electron chi connectivity index (χ1n) is 6.64. The van der Waals surface area contributed by atoms with Crippen LogP contribution in [0.2, 0.25) is 0 Å². The van der Waals surface area contributed by atoms with Crippen molar-refractivity contribution in [3.63, 3.8) is 0 Å². The van der Waals surface area contributed by atoms with Crippen LogP contribution in [0.25, 0.3) is 0 Å². The first-order valence-corrected chi connectivity index (χ1v) is 6.64. The fourth-order valence-corrected chi connectivity index (χ4v) is 3.52. The number of aliphatic carboxylic acids is 1. The van der Waals surface area contributed by atoms with E-state index in [4.69, 9.17) is 5.11 Å². The number of carboxylic acids is 1. The van der Waals surface area contributed by atoms with Crippen LogP contribution in [-0.2, 0) is 4.79 Å². The zero-order valence-corrected chi connectivity index (χ0v) is 11.1. The van der Waals surface area contributed by atoms with Crippen LogP contribution in [0.15, 0.2) is 23.8 Å². The van der Waals surface area contributed by atoms with Crippen LogP contribution in [-0.4, -0.2) is 22.3 Å². The van der Waals surface area contributed by atoms with E-state index in [-0.39, 0.29) is 17.4 Å². The van der Waals surface area contributed by atoms with Gasteiger partial charge in [-0.2, -0.15) is 0 Å². The molecule has 4 atom stereocenters. The smallest absolute Gasteiger partial charge is 0.331 e. The fraction of sp³-hybridized carbons (Fsp3) is 0.667. The number of carboxylic acid groups (broad SMARTS) is 1. The summed E-state index contributed by atoms with van der Waals surface area (Å²) in [6, 6.07) is 0. The van der Waals surface area contributed by atoms with Gasteiger partial charge in [-0.05, 0) is 42.9 Å². The molecular formula is C15H22O3. The van der Waals surface area contributed by atoms with Gasteiger partial charge in [0, 0.05) is 5.57 Å². The predicted molar refractivity (Wildman–Crippen MR) is 70.1 cm³/mol. The van der Waals surface area contributed by atoms with Gasteiger partial charge >= 0.3 is 5.97 Å². The molecule has 1 fully saturated rings. The second-order valence-corrected chi connectivity index (χ2v) is 6.11. The molecule has 0 saturated heterocycles. The van der Waals surface area contributed by atoms with Gasteiger partial charge in [-0.25, -0.2) is 4.79 Å². The topological polar surface area (TPSA) is 57.5 Å². The Labute approximate surface area is 108 Å². The molecule has 0 radical (unpaired) electrons. The summed E-state index contributed by atoms with van der Waals surface area (Å²) in [6.45, 7) is 8.07. The minimum Gasteiger partial charge on any atom is -0.478 e. The third kappa shape index (κ3) is 2.12. The van der Waals surface area contributed by atoms with E-state index in [9.17, 15) is 9.90 Å². The van der Waals surface area contributed by atoms with Gasteiger partial charge in [0.1, 0.15) is 0 Å². The first-order chi connectivity index (χ1) is 8.34. The molecule has 0 bridgehead atoms. The normalized spacial score (nSPS) is 39.7. The van der Waals surface area contributed by atoms with E-state index in [0.717, 1.165) is 25.7 Å². The summed E-state index contributed by atoms with van der Waals surface area (Å²) in [4.78, 5) is 11.0. The van der Waals surface area contributed by atoms with E-state index >= 15 is 0 Å². The zero-order valence-electron chi connectivity index (χ0n) is 11.1. The van der Waals surface area contributed by atoms with Crippen LogP contribution < -0.4 is 0 Å². The van der Waals surface area contributed by atoms with E-state index in [2.05, 4.69) is 26.5 Å². The van der Waals surface area contributed by atoms with E-state index < -0.39 is 5.97 Å². The molecule has 1 saturated carbocycles. The van der Waals surface area contributed by atoms with E-state index in [1.165, 1.54) is 5.57 Å². The third-order valence-electron chi connectivity index (χ3n) is 4.99. The van der Waals surface area contributed by atoms with Gasteiger partial charge in [0.25, 0.3) is 0 Å². The lowest BCUT2D eigenvalue weighted by molar-refractivity contribution is -0.133. The molecule has 0 aromatic rings. The summed E-state index contributed by atoms with van der Waals surface area (Å²) in [5.74, 6) is -0.463. The Hall–Kier alpha value is -1.09. The monoisotopic (exact) mass is 250 g/mol. The lowest BCUT2D eigenvalue weighted by Gasteiger charge is -2.48. The quantitative estimate of drug-likeness (QED) is 0.585.